The monoisotopic (exact) mass is 326 g/mol. The summed E-state index contributed by atoms with van der Waals surface area (Å²) in [4.78, 5) is 23.3. The van der Waals surface area contributed by atoms with Crippen molar-refractivity contribution in [3.8, 4) is 12.3 Å². The Labute approximate surface area is 119 Å². The lowest BCUT2D eigenvalue weighted by Crippen LogP contribution is -2.35. The van der Waals surface area contributed by atoms with Crippen LogP contribution in [-0.2, 0) is 11.3 Å². The summed E-state index contributed by atoms with van der Waals surface area (Å²) in [6, 6.07) is 0.0690. The van der Waals surface area contributed by atoms with Crippen LogP contribution in [0.1, 0.15) is 13.8 Å². The van der Waals surface area contributed by atoms with Crippen molar-refractivity contribution in [3.63, 3.8) is 0 Å². The Bertz CT molecular complexity index is 560. The molecule has 7 heteroatoms. The van der Waals surface area contributed by atoms with Crippen LogP contribution >= 0.6 is 15.9 Å². The van der Waals surface area contributed by atoms with E-state index in [0.29, 0.717) is 10.2 Å². The molecule has 0 fully saturated rings. The van der Waals surface area contributed by atoms with Gasteiger partial charge in [-0.3, -0.25) is 9.59 Å². The summed E-state index contributed by atoms with van der Waals surface area (Å²) in [5, 5.41) is 9.48. The molecule has 0 aliphatic heterocycles. The van der Waals surface area contributed by atoms with Crippen molar-refractivity contribution in [2.24, 2.45) is 0 Å². The van der Waals surface area contributed by atoms with Crippen molar-refractivity contribution in [3.05, 3.63) is 21.0 Å². The van der Waals surface area contributed by atoms with Crippen molar-refractivity contribution in [2.75, 3.05) is 11.9 Å². The first kappa shape index (κ1) is 15.2. The van der Waals surface area contributed by atoms with Crippen LogP contribution in [0.15, 0.2) is 15.5 Å². The molecule has 2 N–H and O–H groups in total. The van der Waals surface area contributed by atoms with Gasteiger partial charge in [0, 0.05) is 6.04 Å². The minimum absolute atomic E-state index is 0.0665. The zero-order valence-electron chi connectivity index (χ0n) is 10.7. The molecule has 102 valence electrons. The van der Waals surface area contributed by atoms with Crippen LogP contribution in [0.4, 0.5) is 5.69 Å². The second-order valence-electron chi connectivity index (χ2n) is 4.11. The maximum absolute atomic E-state index is 11.8. The van der Waals surface area contributed by atoms with E-state index in [1.54, 1.807) is 0 Å². The molecule has 19 heavy (non-hydrogen) atoms. The van der Waals surface area contributed by atoms with E-state index < -0.39 is 0 Å². The highest BCUT2D eigenvalue weighted by molar-refractivity contribution is 9.10. The van der Waals surface area contributed by atoms with E-state index in [4.69, 9.17) is 6.42 Å². The number of halogens is 1. The van der Waals surface area contributed by atoms with Gasteiger partial charge in [-0.15, -0.1) is 6.42 Å². The third-order valence-corrected chi connectivity index (χ3v) is 2.88. The minimum Gasteiger partial charge on any atom is -0.374 e. The predicted octanol–water partition coefficient (Wildman–Crippen LogP) is 0.575. The molecule has 1 amide bonds. The van der Waals surface area contributed by atoms with Gasteiger partial charge < -0.3 is 10.6 Å². The second-order valence-corrected chi connectivity index (χ2v) is 4.91. The SMILES string of the molecule is C#CCn1ncc(NCC(=O)NC(C)C)c(Br)c1=O. The molecule has 0 atom stereocenters. The predicted molar refractivity (Wildman–Crippen MR) is 76.8 cm³/mol. The summed E-state index contributed by atoms with van der Waals surface area (Å²) < 4.78 is 1.46. The average molecular weight is 327 g/mol. The molecule has 0 aliphatic rings. The maximum atomic E-state index is 11.8. The molecule has 0 unspecified atom stereocenters. The first-order chi connectivity index (χ1) is 8.95. The number of terminal acetylenes is 1. The number of anilines is 1. The Morgan fingerprint density at radius 1 is 1.63 bits per heavy atom. The van der Waals surface area contributed by atoms with E-state index >= 15 is 0 Å². The zero-order valence-corrected chi connectivity index (χ0v) is 12.3. The fourth-order valence-electron chi connectivity index (χ4n) is 1.34. The molecule has 0 aromatic carbocycles. The van der Waals surface area contributed by atoms with Gasteiger partial charge in [0.15, 0.2) is 0 Å². The molecule has 1 aromatic rings. The van der Waals surface area contributed by atoms with Crippen LogP contribution in [0.2, 0.25) is 0 Å². The van der Waals surface area contributed by atoms with Crippen LogP contribution in [0.25, 0.3) is 0 Å². The van der Waals surface area contributed by atoms with E-state index in [0.717, 1.165) is 4.68 Å². The van der Waals surface area contributed by atoms with Crippen molar-refractivity contribution in [2.45, 2.75) is 26.4 Å². The van der Waals surface area contributed by atoms with Crippen molar-refractivity contribution >= 4 is 27.5 Å². The molecule has 0 radical (unpaired) electrons. The Morgan fingerprint density at radius 3 is 2.89 bits per heavy atom. The molecular weight excluding hydrogens is 312 g/mol. The Hall–Kier alpha value is -1.81. The Balaban J connectivity index is 2.76. The van der Waals surface area contributed by atoms with E-state index in [9.17, 15) is 9.59 Å². The van der Waals surface area contributed by atoms with E-state index in [-0.39, 0.29) is 30.6 Å². The molecule has 0 saturated carbocycles. The Kier molecular flexibility index (Phi) is 5.57. The highest BCUT2D eigenvalue weighted by Crippen LogP contribution is 2.15. The second kappa shape index (κ2) is 6.95. The molecule has 1 rings (SSSR count). The summed E-state index contributed by atoms with van der Waals surface area (Å²) in [5.74, 6) is 2.18. The Morgan fingerprint density at radius 2 is 2.32 bits per heavy atom. The number of carbonyl (C=O) groups excluding carboxylic acids is 1. The van der Waals surface area contributed by atoms with Gasteiger partial charge in [0.1, 0.15) is 11.0 Å². The summed E-state index contributed by atoms with van der Waals surface area (Å²) >= 11 is 3.17. The summed E-state index contributed by atoms with van der Waals surface area (Å²) in [6.07, 6.45) is 6.58. The first-order valence-electron chi connectivity index (χ1n) is 5.68. The number of aromatic nitrogens is 2. The number of hydrogen-bond donors (Lipinski definition) is 2. The van der Waals surface area contributed by atoms with Crippen molar-refractivity contribution in [1.82, 2.24) is 15.1 Å². The summed E-state index contributed by atoms with van der Waals surface area (Å²) in [7, 11) is 0. The molecule has 0 saturated heterocycles. The van der Waals surface area contributed by atoms with Gasteiger partial charge in [0.2, 0.25) is 5.91 Å². The molecule has 0 aliphatic carbocycles. The van der Waals surface area contributed by atoms with Gasteiger partial charge >= 0.3 is 0 Å². The highest BCUT2D eigenvalue weighted by atomic mass is 79.9. The largest absolute Gasteiger partial charge is 0.374 e. The number of hydrogen-bond acceptors (Lipinski definition) is 4. The van der Waals surface area contributed by atoms with Crippen LogP contribution < -0.4 is 16.2 Å². The summed E-state index contributed by atoms with van der Waals surface area (Å²) in [5.41, 5.74) is 0.115. The van der Waals surface area contributed by atoms with Gasteiger partial charge in [-0.1, -0.05) is 5.92 Å². The maximum Gasteiger partial charge on any atom is 0.284 e. The minimum atomic E-state index is -0.341. The zero-order chi connectivity index (χ0) is 14.4. The fraction of sp³-hybridized carbons (Fsp3) is 0.417. The lowest BCUT2D eigenvalue weighted by Gasteiger charge is -2.11. The lowest BCUT2D eigenvalue weighted by atomic mass is 10.4. The number of rotatable bonds is 5. The number of nitrogens with one attached hydrogen (secondary N) is 2. The molecule has 1 aromatic heterocycles. The third-order valence-electron chi connectivity index (χ3n) is 2.11. The van der Waals surface area contributed by atoms with E-state index in [1.807, 2.05) is 13.8 Å². The number of carbonyl (C=O) groups is 1. The van der Waals surface area contributed by atoms with Gasteiger partial charge in [0.25, 0.3) is 5.56 Å². The third kappa shape index (κ3) is 4.41. The number of amides is 1. The van der Waals surface area contributed by atoms with Crippen molar-refractivity contribution < 1.29 is 4.79 Å². The summed E-state index contributed by atoms with van der Waals surface area (Å²) in [6.45, 7) is 3.91. The topological polar surface area (TPSA) is 76.0 Å². The van der Waals surface area contributed by atoms with Crippen LogP contribution in [0, 0.1) is 12.3 Å². The molecule has 1 heterocycles. The smallest absolute Gasteiger partial charge is 0.284 e. The molecule has 6 nitrogen and oxygen atoms in total. The standard InChI is InChI=1S/C12H15BrN4O2/c1-4-5-17-12(19)11(13)9(6-15-17)14-7-10(18)16-8(2)3/h1,6,8,14H,5,7H2,2-3H3,(H,16,18). The molecule has 0 spiro atoms. The first-order valence-corrected chi connectivity index (χ1v) is 6.47. The fourth-order valence-corrected chi connectivity index (χ4v) is 1.78. The average Bonchev–Trinajstić information content (AvgIpc) is 2.33. The van der Waals surface area contributed by atoms with Crippen molar-refractivity contribution in [1.29, 1.82) is 0 Å². The highest BCUT2D eigenvalue weighted by Gasteiger charge is 2.09. The molecular formula is C12H15BrN4O2. The lowest BCUT2D eigenvalue weighted by molar-refractivity contribution is -0.119. The van der Waals surface area contributed by atoms with E-state index in [1.165, 1.54) is 6.20 Å². The van der Waals surface area contributed by atoms with E-state index in [2.05, 4.69) is 37.6 Å². The van der Waals surface area contributed by atoms with Gasteiger partial charge in [-0.25, -0.2) is 4.68 Å². The number of nitrogens with zero attached hydrogens (tertiary/aromatic N) is 2. The van der Waals surface area contributed by atoms with Crippen LogP contribution in [-0.4, -0.2) is 28.3 Å². The quantitative estimate of drug-likeness (QED) is 0.776. The van der Waals surface area contributed by atoms with Crippen LogP contribution in [0.3, 0.4) is 0 Å². The van der Waals surface area contributed by atoms with Crippen LogP contribution in [0.5, 0.6) is 0 Å². The van der Waals surface area contributed by atoms with Gasteiger partial charge in [0.05, 0.1) is 18.4 Å². The van der Waals surface area contributed by atoms with Gasteiger partial charge in [-0.05, 0) is 29.8 Å². The molecule has 0 bridgehead atoms. The van der Waals surface area contributed by atoms with Gasteiger partial charge in [-0.2, -0.15) is 5.10 Å². The normalized spacial score (nSPS) is 10.1.